The summed E-state index contributed by atoms with van der Waals surface area (Å²) in [5, 5.41) is 0. The zero-order chi connectivity index (χ0) is 8.32. The Hall–Kier alpha value is -0.810. The number of terminal acetylenes is 1. The van der Waals surface area contributed by atoms with Gasteiger partial charge in [0.1, 0.15) is 0 Å². The molecule has 2 N–H and O–H groups in total. The molecule has 1 fully saturated rings. The zero-order valence-electron chi connectivity index (χ0n) is 6.60. The number of hydrogen-bond donors (Lipinski definition) is 1. The smallest absolute Gasteiger partial charge is 0.152 e. The highest BCUT2D eigenvalue weighted by Crippen LogP contribution is 2.41. The lowest BCUT2D eigenvalue weighted by Gasteiger charge is -2.38. The molecule has 0 atom stereocenters. The standard InChI is InChI=1S/C9H13NO/c1-2-4-8(11)9(7-10)5-3-6-9/h1H,3-7,10H2. The topological polar surface area (TPSA) is 43.1 Å². The average Bonchev–Trinajstić information content (AvgIpc) is 1.87. The summed E-state index contributed by atoms with van der Waals surface area (Å²) < 4.78 is 0. The highest BCUT2D eigenvalue weighted by atomic mass is 16.1. The monoisotopic (exact) mass is 151 g/mol. The predicted molar refractivity (Wildman–Crippen MR) is 43.8 cm³/mol. The van der Waals surface area contributed by atoms with Crippen molar-refractivity contribution in [1.29, 1.82) is 0 Å². The van der Waals surface area contributed by atoms with E-state index in [9.17, 15) is 4.79 Å². The maximum atomic E-state index is 11.4. The molecule has 60 valence electrons. The van der Waals surface area contributed by atoms with E-state index in [2.05, 4.69) is 5.92 Å². The van der Waals surface area contributed by atoms with Crippen LogP contribution in [0, 0.1) is 17.8 Å². The number of carbonyl (C=O) groups is 1. The van der Waals surface area contributed by atoms with Crippen molar-refractivity contribution in [2.45, 2.75) is 25.7 Å². The second kappa shape index (κ2) is 3.06. The molecule has 1 rings (SSSR count). The van der Waals surface area contributed by atoms with Gasteiger partial charge in [0.15, 0.2) is 5.78 Å². The Morgan fingerprint density at radius 3 is 2.55 bits per heavy atom. The van der Waals surface area contributed by atoms with Crippen molar-refractivity contribution in [3.8, 4) is 12.3 Å². The fraction of sp³-hybridized carbons (Fsp3) is 0.667. The summed E-state index contributed by atoms with van der Waals surface area (Å²) in [5.41, 5.74) is 5.28. The normalized spacial score (nSPS) is 20.0. The Morgan fingerprint density at radius 1 is 1.64 bits per heavy atom. The molecular formula is C9H13NO. The van der Waals surface area contributed by atoms with Crippen molar-refractivity contribution in [3.63, 3.8) is 0 Å². The Kier molecular flexibility index (Phi) is 2.31. The first-order chi connectivity index (χ1) is 5.25. The number of ketones is 1. The van der Waals surface area contributed by atoms with E-state index >= 15 is 0 Å². The molecule has 11 heavy (non-hydrogen) atoms. The number of carbonyl (C=O) groups excluding carboxylic acids is 1. The second-order valence-corrected chi connectivity index (χ2v) is 3.14. The van der Waals surface area contributed by atoms with Crippen molar-refractivity contribution in [2.75, 3.05) is 6.54 Å². The van der Waals surface area contributed by atoms with E-state index in [0.29, 0.717) is 6.54 Å². The zero-order valence-corrected chi connectivity index (χ0v) is 6.60. The number of hydrogen-bond acceptors (Lipinski definition) is 2. The third-order valence-corrected chi connectivity index (χ3v) is 2.56. The summed E-state index contributed by atoms with van der Waals surface area (Å²) in [6.07, 6.45) is 8.28. The van der Waals surface area contributed by atoms with Gasteiger partial charge in [-0.2, -0.15) is 0 Å². The van der Waals surface area contributed by atoms with Gasteiger partial charge in [0.25, 0.3) is 0 Å². The molecule has 1 saturated carbocycles. The molecule has 0 aromatic rings. The van der Waals surface area contributed by atoms with E-state index in [0.717, 1.165) is 19.3 Å². The highest BCUT2D eigenvalue weighted by Gasteiger charge is 2.41. The third-order valence-electron chi connectivity index (χ3n) is 2.56. The summed E-state index contributed by atoms with van der Waals surface area (Å²) in [5.74, 6) is 2.53. The number of nitrogens with two attached hydrogens (primary N) is 1. The number of rotatable bonds is 3. The SMILES string of the molecule is C#CCC(=O)C1(CN)CCC1. The van der Waals surface area contributed by atoms with E-state index in [4.69, 9.17) is 12.2 Å². The molecule has 1 aliphatic rings. The van der Waals surface area contributed by atoms with Gasteiger partial charge in [-0.05, 0) is 12.8 Å². The van der Waals surface area contributed by atoms with Crippen LogP contribution in [0.3, 0.4) is 0 Å². The predicted octanol–water partition coefficient (Wildman–Crippen LogP) is 0.708. The summed E-state index contributed by atoms with van der Waals surface area (Å²) in [4.78, 5) is 11.4. The van der Waals surface area contributed by atoms with Crippen LogP contribution >= 0.6 is 0 Å². The fourth-order valence-electron chi connectivity index (χ4n) is 1.48. The van der Waals surface area contributed by atoms with Gasteiger partial charge in [-0.15, -0.1) is 6.42 Å². The molecule has 0 unspecified atom stereocenters. The minimum atomic E-state index is -0.230. The van der Waals surface area contributed by atoms with Gasteiger partial charge in [-0.3, -0.25) is 4.79 Å². The second-order valence-electron chi connectivity index (χ2n) is 3.14. The first-order valence-electron chi connectivity index (χ1n) is 3.92. The lowest BCUT2D eigenvalue weighted by molar-refractivity contribution is -0.131. The minimum absolute atomic E-state index is 0.161. The molecule has 2 nitrogen and oxygen atoms in total. The Labute approximate surface area is 67.2 Å². The van der Waals surface area contributed by atoms with E-state index < -0.39 is 0 Å². The molecule has 2 heteroatoms. The van der Waals surface area contributed by atoms with Crippen LogP contribution in [0.4, 0.5) is 0 Å². The molecule has 0 aliphatic heterocycles. The van der Waals surface area contributed by atoms with Gasteiger partial charge >= 0.3 is 0 Å². The molecule has 0 heterocycles. The maximum absolute atomic E-state index is 11.4. The van der Waals surface area contributed by atoms with Crippen molar-refractivity contribution in [1.82, 2.24) is 0 Å². The summed E-state index contributed by atoms with van der Waals surface area (Å²) in [6.45, 7) is 0.466. The van der Waals surface area contributed by atoms with Gasteiger partial charge in [0, 0.05) is 12.0 Å². The largest absolute Gasteiger partial charge is 0.329 e. The summed E-state index contributed by atoms with van der Waals surface area (Å²) >= 11 is 0. The summed E-state index contributed by atoms with van der Waals surface area (Å²) in [6, 6.07) is 0. The quantitative estimate of drug-likeness (QED) is 0.603. The molecule has 0 aromatic heterocycles. The fourth-order valence-corrected chi connectivity index (χ4v) is 1.48. The van der Waals surface area contributed by atoms with Crippen LogP contribution in [0.1, 0.15) is 25.7 Å². The van der Waals surface area contributed by atoms with E-state index in [-0.39, 0.29) is 17.6 Å². The van der Waals surface area contributed by atoms with Crippen LogP contribution in [-0.2, 0) is 4.79 Å². The number of Topliss-reactive ketones (excluding diaryl/α,β-unsaturated/α-hetero) is 1. The average molecular weight is 151 g/mol. The Bertz CT molecular complexity index is 193. The first-order valence-corrected chi connectivity index (χ1v) is 3.92. The molecule has 0 aromatic carbocycles. The van der Waals surface area contributed by atoms with Crippen LogP contribution in [0.25, 0.3) is 0 Å². The van der Waals surface area contributed by atoms with Gasteiger partial charge in [-0.1, -0.05) is 12.3 Å². The first kappa shape index (κ1) is 8.29. The van der Waals surface area contributed by atoms with E-state index in [1.165, 1.54) is 0 Å². The van der Waals surface area contributed by atoms with Gasteiger partial charge < -0.3 is 5.73 Å². The minimum Gasteiger partial charge on any atom is -0.329 e. The lowest BCUT2D eigenvalue weighted by atomic mass is 9.65. The molecule has 1 aliphatic carbocycles. The Morgan fingerprint density at radius 2 is 2.27 bits per heavy atom. The van der Waals surface area contributed by atoms with Crippen LogP contribution in [0.5, 0.6) is 0 Å². The molecule has 0 bridgehead atoms. The highest BCUT2D eigenvalue weighted by molar-refractivity contribution is 5.87. The Balaban J connectivity index is 2.56. The molecule has 0 radical (unpaired) electrons. The van der Waals surface area contributed by atoms with Crippen LogP contribution in [0.2, 0.25) is 0 Å². The lowest BCUT2D eigenvalue weighted by Crippen LogP contribution is -2.44. The van der Waals surface area contributed by atoms with Gasteiger partial charge in [0.05, 0.1) is 6.42 Å². The van der Waals surface area contributed by atoms with Gasteiger partial charge in [-0.25, -0.2) is 0 Å². The van der Waals surface area contributed by atoms with E-state index in [1.807, 2.05) is 0 Å². The molecule has 0 saturated heterocycles. The van der Waals surface area contributed by atoms with E-state index in [1.54, 1.807) is 0 Å². The van der Waals surface area contributed by atoms with Crippen LogP contribution < -0.4 is 5.73 Å². The van der Waals surface area contributed by atoms with Crippen molar-refractivity contribution < 1.29 is 4.79 Å². The molecular weight excluding hydrogens is 138 g/mol. The van der Waals surface area contributed by atoms with Crippen molar-refractivity contribution >= 4 is 5.78 Å². The van der Waals surface area contributed by atoms with Crippen LogP contribution in [-0.4, -0.2) is 12.3 Å². The maximum Gasteiger partial charge on any atom is 0.152 e. The van der Waals surface area contributed by atoms with Crippen molar-refractivity contribution in [2.24, 2.45) is 11.1 Å². The van der Waals surface area contributed by atoms with Crippen LogP contribution in [0.15, 0.2) is 0 Å². The van der Waals surface area contributed by atoms with Gasteiger partial charge in [0.2, 0.25) is 0 Å². The third kappa shape index (κ3) is 1.29. The van der Waals surface area contributed by atoms with Crippen molar-refractivity contribution in [3.05, 3.63) is 0 Å². The molecule has 0 amide bonds. The molecule has 0 spiro atoms. The summed E-state index contributed by atoms with van der Waals surface area (Å²) in [7, 11) is 0.